The fourth-order valence-corrected chi connectivity index (χ4v) is 3.00. The van der Waals surface area contributed by atoms with Crippen LogP contribution < -0.4 is 4.74 Å². The summed E-state index contributed by atoms with van der Waals surface area (Å²) in [5, 5.41) is 9.24. The molecule has 0 unspecified atom stereocenters. The van der Waals surface area contributed by atoms with Crippen molar-refractivity contribution in [3.63, 3.8) is 0 Å². The smallest absolute Gasteiger partial charge is 0.417 e. The van der Waals surface area contributed by atoms with E-state index < -0.39 is 17.3 Å². The highest BCUT2D eigenvalue weighted by atomic mass is 32.2. The van der Waals surface area contributed by atoms with E-state index >= 15 is 0 Å². The number of methoxy groups -OCH3 is 2. The Morgan fingerprint density at radius 2 is 1.88 bits per heavy atom. The van der Waals surface area contributed by atoms with Crippen molar-refractivity contribution < 1.29 is 22.6 Å². The first-order valence-electron chi connectivity index (χ1n) is 7.19. The van der Waals surface area contributed by atoms with Crippen molar-refractivity contribution in [2.24, 2.45) is 0 Å². The minimum Gasteiger partial charge on any atom is -0.497 e. The van der Waals surface area contributed by atoms with Crippen LogP contribution >= 0.6 is 11.8 Å². The molecule has 0 bridgehead atoms. The van der Waals surface area contributed by atoms with E-state index in [2.05, 4.69) is 4.98 Å². The predicted octanol–water partition coefficient (Wildman–Crippen LogP) is 4.39. The third kappa shape index (κ3) is 4.65. The van der Waals surface area contributed by atoms with Crippen LogP contribution in [0.2, 0.25) is 0 Å². The summed E-state index contributed by atoms with van der Waals surface area (Å²) < 4.78 is 50.1. The molecule has 0 aliphatic rings. The highest BCUT2D eigenvalue weighted by Crippen LogP contribution is 2.38. The first-order valence-corrected chi connectivity index (χ1v) is 8.17. The van der Waals surface area contributed by atoms with Gasteiger partial charge in [0.15, 0.2) is 0 Å². The number of thioether (sulfide) groups is 1. The lowest BCUT2D eigenvalue weighted by molar-refractivity contribution is -0.138. The summed E-state index contributed by atoms with van der Waals surface area (Å²) in [4.78, 5) is 4.26. The second kappa shape index (κ2) is 8.23. The van der Waals surface area contributed by atoms with E-state index in [0.29, 0.717) is 23.7 Å². The van der Waals surface area contributed by atoms with Crippen molar-refractivity contribution in [2.75, 3.05) is 26.6 Å². The third-order valence-corrected chi connectivity index (χ3v) is 4.26. The Kier molecular flexibility index (Phi) is 6.28. The Balaban J connectivity index is 2.55. The molecule has 0 aliphatic heterocycles. The standard InChI is InChI=1S/C17H15F3N2O2S/c1-23-7-8-25-16-13(10-21)14(17(18,19)20)9-15(22-16)11-3-5-12(24-2)6-4-11/h3-6,9H,7-8H2,1-2H3. The Morgan fingerprint density at radius 1 is 1.20 bits per heavy atom. The van der Waals surface area contributed by atoms with E-state index in [0.717, 1.165) is 17.8 Å². The Labute approximate surface area is 147 Å². The lowest BCUT2D eigenvalue weighted by Crippen LogP contribution is -2.11. The molecule has 1 heterocycles. The average Bonchev–Trinajstić information content (AvgIpc) is 2.60. The third-order valence-electron chi connectivity index (χ3n) is 3.32. The van der Waals surface area contributed by atoms with Crippen molar-refractivity contribution in [3.05, 3.63) is 41.5 Å². The molecule has 0 radical (unpaired) electrons. The number of alkyl halides is 3. The lowest BCUT2D eigenvalue weighted by Gasteiger charge is -2.14. The van der Waals surface area contributed by atoms with Gasteiger partial charge in [-0.05, 0) is 30.3 Å². The predicted molar refractivity (Wildman–Crippen MR) is 88.5 cm³/mol. The van der Waals surface area contributed by atoms with Gasteiger partial charge in [0.05, 0.1) is 30.5 Å². The number of aromatic nitrogens is 1. The van der Waals surface area contributed by atoms with E-state index in [4.69, 9.17) is 9.47 Å². The molecule has 0 amide bonds. The zero-order valence-corrected chi connectivity index (χ0v) is 14.4. The van der Waals surface area contributed by atoms with E-state index in [1.165, 1.54) is 14.2 Å². The molecule has 132 valence electrons. The van der Waals surface area contributed by atoms with Gasteiger partial charge >= 0.3 is 6.18 Å². The fourth-order valence-electron chi connectivity index (χ4n) is 2.09. The van der Waals surface area contributed by atoms with Crippen LogP contribution in [0.25, 0.3) is 11.3 Å². The van der Waals surface area contributed by atoms with Gasteiger partial charge in [-0.25, -0.2) is 4.98 Å². The summed E-state index contributed by atoms with van der Waals surface area (Å²) in [7, 11) is 3.00. The maximum Gasteiger partial charge on any atom is 0.417 e. The van der Waals surface area contributed by atoms with Gasteiger partial charge in [0.2, 0.25) is 0 Å². The van der Waals surface area contributed by atoms with Crippen molar-refractivity contribution in [3.8, 4) is 23.1 Å². The molecular formula is C17H15F3N2O2S. The summed E-state index contributed by atoms with van der Waals surface area (Å²) >= 11 is 1.06. The molecule has 0 saturated heterocycles. The first kappa shape index (κ1) is 19.1. The number of nitriles is 1. The molecule has 0 fully saturated rings. The summed E-state index contributed by atoms with van der Waals surface area (Å²) in [6.45, 7) is 0.339. The Bertz CT molecular complexity index is 771. The summed E-state index contributed by atoms with van der Waals surface area (Å²) in [6.07, 6.45) is -4.65. The van der Waals surface area contributed by atoms with Gasteiger partial charge in [-0.2, -0.15) is 18.4 Å². The molecule has 8 heteroatoms. The molecule has 4 nitrogen and oxygen atoms in total. The molecule has 1 aromatic heterocycles. The SMILES string of the molecule is COCCSc1nc(-c2ccc(OC)cc2)cc(C(F)(F)F)c1C#N. The molecule has 0 aliphatic carbocycles. The molecular weight excluding hydrogens is 353 g/mol. The van der Waals surface area contributed by atoms with Crippen LogP contribution in [0.15, 0.2) is 35.4 Å². The van der Waals surface area contributed by atoms with Crippen LogP contribution in [-0.2, 0) is 10.9 Å². The van der Waals surface area contributed by atoms with Gasteiger partial charge in [-0.3, -0.25) is 0 Å². The minimum atomic E-state index is -4.65. The lowest BCUT2D eigenvalue weighted by atomic mass is 10.1. The van der Waals surface area contributed by atoms with Gasteiger partial charge in [0, 0.05) is 18.4 Å². The number of rotatable bonds is 6. The van der Waals surface area contributed by atoms with Gasteiger partial charge in [-0.1, -0.05) is 0 Å². The van der Waals surface area contributed by atoms with Crippen LogP contribution in [0, 0.1) is 11.3 Å². The highest BCUT2D eigenvalue weighted by molar-refractivity contribution is 7.99. The number of nitrogens with zero attached hydrogens (tertiary/aromatic N) is 2. The monoisotopic (exact) mass is 368 g/mol. The Hall–Kier alpha value is -2.24. The second-order valence-corrected chi connectivity index (χ2v) is 6.00. The van der Waals surface area contributed by atoms with E-state index in [9.17, 15) is 18.4 Å². The Morgan fingerprint density at radius 3 is 2.40 bits per heavy atom. The van der Waals surface area contributed by atoms with Gasteiger partial charge in [-0.15, -0.1) is 11.8 Å². The van der Waals surface area contributed by atoms with Crippen molar-refractivity contribution in [1.29, 1.82) is 5.26 Å². The molecule has 2 rings (SSSR count). The topological polar surface area (TPSA) is 55.1 Å². The summed E-state index contributed by atoms with van der Waals surface area (Å²) in [5.41, 5.74) is -0.806. The average molecular weight is 368 g/mol. The van der Waals surface area contributed by atoms with Crippen LogP contribution in [-0.4, -0.2) is 31.6 Å². The van der Waals surface area contributed by atoms with E-state index in [1.54, 1.807) is 30.3 Å². The molecule has 0 spiro atoms. The van der Waals surface area contributed by atoms with Gasteiger partial charge < -0.3 is 9.47 Å². The first-order chi connectivity index (χ1) is 11.9. The van der Waals surface area contributed by atoms with Crippen LogP contribution in [0.1, 0.15) is 11.1 Å². The van der Waals surface area contributed by atoms with E-state index in [-0.39, 0.29) is 10.7 Å². The molecule has 0 saturated carbocycles. The van der Waals surface area contributed by atoms with Crippen LogP contribution in [0.3, 0.4) is 0 Å². The maximum atomic E-state index is 13.4. The van der Waals surface area contributed by atoms with Crippen molar-refractivity contribution >= 4 is 11.8 Å². The molecule has 2 aromatic rings. The number of pyridine rings is 1. The quantitative estimate of drug-likeness (QED) is 0.559. The van der Waals surface area contributed by atoms with E-state index in [1.807, 2.05) is 0 Å². The molecule has 0 N–H and O–H groups in total. The van der Waals surface area contributed by atoms with Crippen molar-refractivity contribution in [1.82, 2.24) is 4.98 Å². The second-order valence-electron chi connectivity index (χ2n) is 4.91. The molecule has 25 heavy (non-hydrogen) atoms. The fraction of sp³-hybridized carbons (Fsp3) is 0.294. The van der Waals surface area contributed by atoms with Gasteiger partial charge in [0.1, 0.15) is 16.8 Å². The zero-order chi connectivity index (χ0) is 18.4. The van der Waals surface area contributed by atoms with Gasteiger partial charge in [0.25, 0.3) is 0 Å². The van der Waals surface area contributed by atoms with Crippen LogP contribution in [0.4, 0.5) is 13.2 Å². The zero-order valence-electron chi connectivity index (χ0n) is 13.6. The number of benzene rings is 1. The van der Waals surface area contributed by atoms with Crippen LogP contribution in [0.5, 0.6) is 5.75 Å². The molecule has 0 atom stereocenters. The largest absolute Gasteiger partial charge is 0.497 e. The highest BCUT2D eigenvalue weighted by Gasteiger charge is 2.36. The molecule has 1 aromatic carbocycles. The number of hydrogen-bond acceptors (Lipinski definition) is 5. The summed E-state index contributed by atoms with van der Waals surface area (Å²) in [6, 6.07) is 9.06. The minimum absolute atomic E-state index is 0.0418. The maximum absolute atomic E-state index is 13.4. The summed E-state index contributed by atoms with van der Waals surface area (Å²) in [5.74, 6) is 0.977. The number of halogens is 3. The number of ether oxygens (including phenoxy) is 2. The number of hydrogen-bond donors (Lipinski definition) is 0. The van der Waals surface area contributed by atoms with Crippen molar-refractivity contribution in [2.45, 2.75) is 11.2 Å². The normalized spacial score (nSPS) is 11.2.